The van der Waals surface area contributed by atoms with Crippen molar-refractivity contribution in [1.29, 1.82) is 0 Å². The van der Waals surface area contributed by atoms with Gasteiger partial charge < -0.3 is 10.6 Å². The average Bonchev–Trinajstić information content (AvgIpc) is 2.26. The number of anilines is 2. The van der Waals surface area contributed by atoms with E-state index in [1.165, 1.54) is 0 Å². The van der Waals surface area contributed by atoms with Crippen LogP contribution in [0.5, 0.6) is 0 Å². The summed E-state index contributed by atoms with van der Waals surface area (Å²) in [5.41, 5.74) is 0. The van der Waals surface area contributed by atoms with Crippen LogP contribution in [0.25, 0.3) is 0 Å². The summed E-state index contributed by atoms with van der Waals surface area (Å²) in [4.78, 5) is 8.20. The van der Waals surface area contributed by atoms with Crippen LogP contribution in [0.2, 0.25) is 5.02 Å². The van der Waals surface area contributed by atoms with Gasteiger partial charge in [0.15, 0.2) is 5.82 Å². The van der Waals surface area contributed by atoms with E-state index in [0.717, 1.165) is 0 Å². The van der Waals surface area contributed by atoms with Crippen molar-refractivity contribution in [2.24, 2.45) is 0 Å². The van der Waals surface area contributed by atoms with Crippen molar-refractivity contribution >= 4 is 23.4 Å². The number of halogens is 1. The quantitative estimate of drug-likeness (QED) is 0.729. The summed E-state index contributed by atoms with van der Waals surface area (Å²) in [7, 11) is 0. The maximum absolute atomic E-state index is 5.90. The van der Waals surface area contributed by atoms with Crippen molar-refractivity contribution in [1.82, 2.24) is 9.97 Å². The fourth-order valence-corrected chi connectivity index (χ4v) is 1.07. The third-order valence-corrected chi connectivity index (χ3v) is 1.84. The number of rotatable bonds is 6. The first-order chi connectivity index (χ1) is 7.27. The summed E-state index contributed by atoms with van der Waals surface area (Å²) < 4.78 is 0. The Bertz CT molecular complexity index is 351. The van der Waals surface area contributed by atoms with E-state index in [1.54, 1.807) is 18.3 Å². The van der Waals surface area contributed by atoms with Gasteiger partial charge in [-0.1, -0.05) is 23.8 Å². The summed E-state index contributed by atoms with van der Waals surface area (Å²) >= 11 is 5.90. The lowest BCUT2D eigenvalue weighted by atomic mass is 10.5. The van der Waals surface area contributed by atoms with Crippen LogP contribution in [0.1, 0.15) is 0 Å². The van der Waals surface area contributed by atoms with Crippen LogP contribution < -0.4 is 10.6 Å². The molecule has 0 unspecified atom stereocenters. The standard InChI is InChI=1S/C10H13ClN4/c1-3-5-12-9-8(11)7-14-10(15-9)13-6-4-2/h3-4,7H,1-2,5-6H2,(H2,12,13,14,15). The monoisotopic (exact) mass is 224 g/mol. The van der Waals surface area contributed by atoms with Gasteiger partial charge in [-0.2, -0.15) is 4.98 Å². The molecular weight excluding hydrogens is 212 g/mol. The molecular formula is C10H13ClN4. The highest BCUT2D eigenvalue weighted by atomic mass is 35.5. The predicted molar refractivity (Wildman–Crippen MR) is 64.4 cm³/mol. The highest BCUT2D eigenvalue weighted by Gasteiger charge is 2.03. The van der Waals surface area contributed by atoms with E-state index in [4.69, 9.17) is 11.6 Å². The van der Waals surface area contributed by atoms with E-state index < -0.39 is 0 Å². The van der Waals surface area contributed by atoms with Crippen LogP contribution in [-0.4, -0.2) is 23.1 Å². The zero-order chi connectivity index (χ0) is 11.1. The van der Waals surface area contributed by atoms with Crippen molar-refractivity contribution in [2.45, 2.75) is 0 Å². The molecule has 1 aromatic heterocycles. The third kappa shape index (κ3) is 3.59. The van der Waals surface area contributed by atoms with Crippen molar-refractivity contribution in [2.75, 3.05) is 23.7 Å². The summed E-state index contributed by atoms with van der Waals surface area (Å²) in [6.07, 6.45) is 5.01. The molecule has 0 radical (unpaired) electrons. The molecule has 1 rings (SSSR count). The molecule has 0 spiro atoms. The zero-order valence-electron chi connectivity index (χ0n) is 8.33. The second-order valence-corrected chi connectivity index (χ2v) is 3.14. The molecule has 0 atom stereocenters. The van der Waals surface area contributed by atoms with Gasteiger partial charge in [-0.25, -0.2) is 4.98 Å². The van der Waals surface area contributed by atoms with Gasteiger partial charge in [0.05, 0.1) is 6.20 Å². The van der Waals surface area contributed by atoms with Gasteiger partial charge in [-0.05, 0) is 0 Å². The Hall–Kier alpha value is -1.55. The van der Waals surface area contributed by atoms with Gasteiger partial charge in [-0.15, -0.1) is 13.2 Å². The molecule has 0 fully saturated rings. The minimum Gasteiger partial charge on any atom is -0.365 e. The highest BCUT2D eigenvalue weighted by Crippen LogP contribution is 2.18. The van der Waals surface area contributed by atoms with E-state index in [2.05, 4.69) is 33.8 Å². The maximum Gasteiger partial charge on any atom is 0.224 e. The first-order valence-corrected chi connectivity index (χ1v) is 4.87. The Balaban J connectivity index is 2.74. The molecule has 0 saturated heterocycles. The summed E-state index contributed by atoms with van der Waals surface area (Å²) in [5, 5.41) is 6.47. The minimum absolute atomic E-state index is 0.487. The average molecular weight is 225 g/mol. The molecule has 1 heterocycles. The van der Waals surface area contributed by atoms with Crippen LogP contribution in [-0.2, 0) is 0 Å². The summed E-state index contributed by atoms with van der Waals surface area (Å²) in [5.74, 6) is 1.11. The Kier molecular flexibility index (Phi) is 4.63. The van der Waals surface area contributed by atoms with E-state index in [9.17, 15) is 0 Å². The second-order valence-electron chi connectivity index (χ2n) is 2.73. The largest absolute Gasteiger partial charge is 0.365 e. The first kappa shape index (κ1) is 11.5. The molecule has 0 aromatic carbocycles. The van der Waals surface area contributed by atoms with Gasteiger partial charge >= 0.3 is 0 Å². The maximum atomic E-state index is 5.90. The van der Waals surface area contributed by atoms with Gasteiger partial charge in [0, 0.05) is 13.1 Å². The van der Waals surface area contributed by atoms with E-state index >= 15 is 0 Å². The van der Waals surface area contributed by atoms with Crippen molar-refractivity contribution in [3.8, 4) is 0 Å². The van der Waals surface area contributed by atoms with E-state index in [0.29, 0.717) is 29.9 Å². The smallest absolute Gasteiger partial charge is 0.224 e. The molecule has 80 valence electrons. The normalized spacial score (nSPS) is 9.40. The van der Waals surface area contributed by atoms with Crippen LogP contribution in [0, 0.1) is 0 Å². The lowest BCUT2D eigenvalue weighted by Crippen LogP contribution is -2.07. The van der Waals surface area contributed by atoms with Crippen molar-refractivity contribution in [3.05, 3.63) is 36.5 Å². The van der Waals surface area contributed by atoms with Crippen molar-refractivity contribution < 1.29 is 0 Å². The van der Waals surface area contributed by atoms with Gasteiger partial charge in [0.1, 0.15) is 5.02 Å². The van der Waals surface area contributed by atoms with Crippen LogP contribution in [0.4, 0.5) is 11.8 Å². The molecule has 0 amide bonds. The highest BCUT2D eigenvalue weighted by molar-refractivity contribution is 6.32. The molecule has 15 heavy (non-hydrogen) atoms. The van der Waals surface area contributed by atoms with Crippen LogP contribution >= 0.6 is 11.6 Å². The number of nitrogens with zero attached hydrogens (tertiary/aromatic N) is 2. The van der Waals surface area contributed by atoms with Gasteiger partial charge in [0.2, 0.25) is 5.95 Å². The van der Waals surface area contributed by atoms with Gasteiger partial charge in [0.25, 0.3) is 0 Å². The molecule has 0 aliphatic rings. The summed E-state index contributed by atoms with van der Waals surface area (Å²) in [6.45, 7) is 8.41. The molecule has 0 aliphatic carbocycles. The first-order valence-electron chi connectivity index (χ1n) is 4.50. The fourth-order valence-electron chi connectivity index (χ4n) is 0.909. The molecule has 4 nitrogen and oxygen atoms in total. The van der Waals surface area contributed by atoms with Crippen molar-refractivity contribution in [3.63, 3.8) is 0 Å². The van der Waals surface area contributed by atoms with Crippen LogP contribution in [0.15, 0.2) is 31.5 Å². The van der Waals surface area contributed by atoms with E-state index in [-0.39, 0.29) is 0 Å². The Morgan fingerprint density at radius 3 is 2.60 bits per heavy atom. The molecule has 0 aliphatic heterocycles. The molecule has 0 saturated carbocycles. The van der Waals surface area contributed by atoms with Crippen LogP contribution in [0.3, 0.4) is 0 Å². The Morgan fingerprint density at radius 1 is 1.27 bits per heavy atom. The third-order valence-electron chi connectivity index (χ3n) is 1.56. The van der Waals surface area contributed by atoms with Gasteiger partial charge in [-0.3, -0.25) is 0 Å². The molecule has 5 heteroatoms. The SMILES string of the molecule is C=CCNc1ncc(Cl)c(NCC=C)n1. The fraction of sp³-hybridized carbons (Fsp3) is 0.200. The van der Waals surface area contributed by atoms with E-state index in [1.807, 2.05) is 0 Å². The Labute approximate surface area is 94.1 Å². The minimum atomic E-state index is 0.487. The lowest BCUT2D eigenvalue weighted by molar-refractivity contribution is 1.11. The molecule has 0 bridgehead atoms. The number of hydrogen-bond donors (Lipinski definition) is 2. The second kappa shape index (κ2) is 6.03. The number of hydrogen-bond acceptors (Lipinski definition) is 4. The zero-order valence-corrected chi connectivity index (χ0v) is 9.09. The topological polar surface area (TPSA) is 49.8 Å². The number of nitrogens with one attached hydrogen (secondary N) is 2. The summed E-state index contributed by atoms with van der Waals surface area (Å²) in [6, 6.07) is 0. The lowest BCUT2D eigenvalue weighted by Gasteiger charge is -2.07. The number of aromatic nitrogens is 2. The predicted octanol–water partition coefficient (Wildman–Crippen LogP) is 2.33. The molecule has 2 N–H and O–H groups in total. The molecule has 1 aromatic rings. The Morgan fingerprint density at radius 2 is 1.93 bits per heavy atom.